The molecule has 1 fully saturated rings. The van der Waals surface area contributed by atoms with Gasteiger partial charge in [0.1, 0.15) is 10.3 Å². The van der Waals surface area contributed by atoms with Crippen molar-refractivity contribution in [1.29, 1.82) is 0 Å². The Hall–Kier alpha value is -0.390. The molecule has 0 aliphatic carbocycles. The minimum absolute atomic E-state index is 0.106. The molecule has 1 aromatic rings. The van der Waals surface area contributed by atoms with Gasteiger partial charge in [-0.05, 0) is 6.07 Å². The molecule has 0 N–H and O–H groups in total. The summed E-state index contributed by atoms with van der Waals surface area (Å²) in [5.74, 6) is 0. The molecule has 0 aromatic carbocycles. The molecule has 2 atom stereocenters. The van der Waals surface area contributed by atoms with Crippen LogP contribution >= 0.6 is 23.2 Å². The monoisotopic (exact) mass is 290 g/mol. The van der Waals surface area contributed by atoms with Gasteiger partial charge in [-0.2, -0.15) is 0 Å². The molecule has 1 aromatic heterocycles. The van der Waals surface area contributed by atoms with Crippen LogP contribution in [0.5, 0.6) is 0 Å². The first-order valence-corrected chi connectivity index (χ1v) is 6.48. The Kier molecular flexibility index (Phi) is 4.81. The van der Waals surface area contributed by atoms with Gasteiger partial charge in [-0.1, -0.05) is 29.3 Å². The molecule has 0 amide bonds. The molecule has 1 aliphatic heterocycles. The van der Waals surface area contributed by atoms with Crippen LogP contribution in [0.1, 0.15) is 5.56 Å². The minimum Gasteiger partial charge on any atom is -0.377 e. The van der Waals surface area contributed by atoms with E-state index in [2.05, 4.69) is 9.88 Å². The van der Waals surface area contributed by atoms with Gasteiger partial charge in [0.15, 0.2) is 0 Å². The molecule has 6 heteroatoms. The number of hydrogen-bond acceptors (Lipinski definition) is 4. The summed E-state index contributed by atoms with van der Waals surface area (Å²) < 4.78 is 10.8. The van der Waals surface area contributed by atoms with E-state index in [1.165, 1.54) is 0 Å². The second-order valence-corrected chi connectivity index (χ2v) is 5.07. The highest BCUT2D eigenvalue weighted by Gasteiger charge is 2.32. The van der Waals surface area contributed by atoms with Crippen molar-refractivity contribution < 1.29 is 9.47 Å². The Morgan fingerprint density at radius 1 is 1.22 bits per heavy atom. The first-order chi connectivity index (χ1) is 8.63. The smallest absolute Gasteiger partial charge is 0.135 e. The maximum Gasteiger partial charge on any atom is 0.135 e. The Labute approximate surface area is 117 Å². The van der Waals surface area contributed by atoms with Gasteiger partial charge >= 0.3 is 0 Å². The van der Waals surface area contributed by atoms with Crippen molar-refractivity contribution in [3.63, 3.8) is 0 Å². The van der Waals surface area contributed by atoms with Crippen LogP contribution in [0, 0.1) is 0 Å². The van der Waals surface area contributed by atoms with Crippen molar-refractivity contribution >= 4 is 23.2 Å². The van der Waals surface area contributed by atoms with Crippen molar-refractivity contribution in [3.8, 4) is 0 Å². The summed E-state index contributed by atoms with van der Waals surface area (Å²) in [6.45, 7) is 2.38. The lowest BCUT2D eigenvalue weighted by Crippen LogP contribution is -2.27. The van der Waals surface area contributed by atoms with Crippen LogP contribution in [-0.4, -0.2) is 49.4 Å². The molecule has 2 rings (SSSR count). The molecule has 2 heterocycles. The molecule has 100 valence electrons. The van der Waals surface area contributed by atoms with Crippen molar-refractivity contribution in [1.82, 2.24) is 9.88 Å². The summed E-state index contributed by atoms with van der Waals surface area (Å²) in [6.07, 6.45) is 0.211. The molecular formula is C12H16Cl2N2O2. The lowest BCUT2D eigenvalue weighted by molar-refractivity contribution is -0.00461. The van der Waals surface area contributed by atoms with Crippen molar-refractivity contribution in [2.75, 3.05) is 27.3 Å². The van der Waals surface area contributed by atoms with Crippen LogP contribution in [0.3, 0.4) is 0 Å². The van der Waals surface area contributed by atoms with E-state index >= 15 is 0 Å². The van der Waals surface area contributed by atoms with Gasteiger partial charge < -0.3 is 9.47 Å². The van der Waals surface area contributed by atoms with Crippen LogP contribution in [0.15, 0.2) is 12.1 Å². The molecule has 0 radical (unpaired) electrons. The number of methoxy groups -OCH3 is 2. The number of halogens is 2. The second-order valence-electron chi connectivity index (χ2n) is 4.33. The zero-order valence-electron chi connectivity index (χ0n) is 10.4. The van der Waals surface area contributed by atoms with E-state index in [1.54, 1.807) is 20.3 Å². The maximum atomic E-state index is 6.06. The number of aromatic nitrogens is 1. The minimum atomic E-state index is 0.106. The number of rotatable bonds is 4. The molecule has 4 nitrogen and oxygen atoms in total. The van der Waals surface area contributed by atoms with Gasteiger partial charge in [0, 0.05) is 39.4 Å². The Morgan fingerprint density at radius 2 is 1.83 bits per heavy atom. The van der Waals surface area contributed by atoms with E-state index in [9.17, 15) is 0 Å². The summed E-state index contributed by atoms with van der Waals surface area (Å²) >= 11 is 11.8. The molecule has 1 saturated heterocycles. The van der Waals surface area contributed by atoms with E-state index in [1.807, 2.05) is 6.07 Å². The summed E-state index contributed by atoms with van der Waals surface area (Å²) in [5, 5.41) is 0.868. The lowest BCUT2D eigenvalue weighted by Gasteiger charge is -2.15. The first-order valence-electron chi connectivity index (χ1n) is 5.73. The average molecular weight is 291 g/mol. The predicted octanol–water partition coefficient (Wildman–Crippen LogP) is 2.23. The van der Waals surface area contributed by atoms with Crippen molar-refractivity contribution in [3.05, 3.63) is 28.0 Å². The Bertz CT molecular complexity index is 405. The van der Waals surface area contributed by atoms with Crippen LogP contribution in [0.25, 0.3) is 0 Å². The standard InChI is InChI=1S/C12H16Cl2N2O2/c1-17-9-6-16(7-10(9)18-2)5-8-3-4-11(13)15-12(8)14/h3-4,9-10H,5-7H2,1-2H3. The van der Waals surface area contributed by atoms with Crippen molar-refractivity contribution in [2.45, 2.75) is 18.8 Å². The number of hydrogen-bond donors (Lipinski definition) is 0. The third kappa shape index (κ3) is 3.13. The van der Waals surface area contributed by atoms with Crippen LogP contribution in [0.2, 0.25) is 10.3 Å². The summed E-state index contributed by atoms with van der Waals surface area (Å²) in [6, 6.07) is 3.65. The van der Waals surface area contributed by atoms with Crippen LogP contribution in [-0.2, 0) is 16.0 Å². The van der Waals surface area contributed by atoms with E-state index in [-0.39, 0.29) is 12.2 Å². The molecular weight excluding hydrogens is 275 g/mol. The quantitative estimate of drug-likeness (QED) is 0.797. The molecule has 0 bridgehead atoms. The fourth-order valence-corrected chi connectivity index (χ4v) is 2.60. The summed E-state index contributed by atoms with van der Waals surface area (Å²) in [4.78, 5) is 6.27. The number of nitrogens with zero attached hydrogens (tertiary/aromatic N) is 2. The Morgan fingerprint density at radius 3 is 2.33 bits per heavy atom. The lowest BCUT2D eigenvalue weighted by atomic mass is 10.2. The second kappa shape index (κ2) is 6.17. The first kappa shape index (κ1) is 14.0. The van der Waals surface area contributed by atoms with Crippen molar-refractivity contribution in [2.24, 2.45) is 0 Å². The fourth-order valence-electron chi connectivity index (χ4n) is 2.20. The zero-order valence-corrected chi connectivity index (χ0v) is 11.9. The Balaban J connectivity index is 2.02. The fraction of sp³-hybridized carbons (Fsp3) is 0.583. The van der Waals surface area contributed by atoms with Gasteiger partial charge in [-0.3, -0.25) is 4.90 Å². The van der Waals surface area contributed by atoms with Gasteiger partial charge in [-0.25, -0.2) is 4.98 Å². The van der Waals surface area contributed by atoms with Gasteiger partial charge in [0.25, 0.3) is 0 Å². The normalized spacial score (nSPS) is 24.7. The molecule has 0 spiro atoms. The van der Waals surface area contributed by atoms with Crippen LogP contribution in [0.4, 0.5) is 0 Å². The SMILES string of the molecule is COC1CN(Cc2ccc(Cl)nc2Cl)CC1OC. The van der Waals surface area contributed by atoms with E-state index in [0.29, 0.717) is 10.3 Å². The number of ether oxygens (including phenoxy) is 2. The highest BCUT2D eigenvalue weighted by Crippen LogP contribution is 2.22. The molecule has 0 saturated carbocycles. The summed E-state index contributed by atoms with van der Waals surface area (Å²) in [7, 11) is 3.41. The number of pyridine rings is 1. The highest BCUT2D eigenvalue weighted by molar-refractivity contribution is 6.32. The number of likely N-dealkylation sites (tertiary alicyclic amines) is 1. The predicted molar refractivity (Wildman–Crippen MR) is 71.1 cm³/mol. The summed E-state index contributed by atoms with van der Waals surface area (Å²) in [5.41, 5.74) is 0.965. The van der Waals surface area contributed by atoms with E-state index in [0.717, 1.165) is 25.2 Å². The topological polar surface area (TPSA) is 34.6 Å². The molecule has 2 unspecified atom stereocenters. The molecule has 18 heavy (non-hydrogen) atoms. The average Bonchev–Trinajstić information content (AvgIpc) is 2.75. The van der Waals surface area contributed by atoms with E-state index < -0.39 is 0 Å². The zero-order chi connectivity index (χ0) is 13.1. The maximum absolute atomic E-state index is 6.06. The third-order valence-electron chi connectivity index (χ3n) is 3.18. The highest BCUT2D eigenvalue weighted by atomic mass is 35.5. The molecule has 1 aliphatic rings. The van der Waals surface area contributed by atoms with Gasteiger partial charge in [0.05, 0.1) is 12.2 Å². The van der Waals surface area contributed by atoms with Gasteiger partial charge in [-0.15, -0.1) is 0 Å². The van der Waals surface area contributed by atoms with E-state index in [4.69, 9.17) is 32.7 Å². The van der Waals surface area contributed by atoms with Gasteiger partial charge in [0.2, 0.25) is 0 Å². The third-order valence-corrected chi connectivity index (χ3v) is 3.72. The van der Waals surface area contributed by atoms with Crippen LogP contribution < -0.4 is 0 Å². The largest absolute Gasteiger partial charge is 0.377 e.